The van der Waals surface area contributed by atoms with E-state index in [1.165, 1.54) is 0 Å². The van der Waals surface area contributed by atoms with Crippen molar-refractivity contribution in [3.63, 3.8) is 0 Å². The standard InChI is InChI=1S/C14H27N3O3/c1-5-17(11(2)10-15(3)4)14(20)16-8-6-12(7-9-16)13(18)19/h11-12H,5-10H2,1-4H3,(H,18,19). The number of likely N-dealkylation sites (N-methyl/N-ethyl adjacent to an activating group) is 2. The van der Waals surface area contributed by atoms with Crippen molar-refractivity contribution in [3.8, 4) is 0 Å². The molecule has 0 saturated carbocycles. The van der Waals surface area contributed by atoms with Crippen LogP contribution >= 0.6 is 0 Å². The molecule has 116 valence electrons. The summed E-state index contributed by atoms with van der Waals surface area (Å²) in [5.41, 5.74) is 0. The van der Waals surface area contributed by atoms with Gasteiger partial charge in [0.2, 0.25) is 0 Å². The fourth-order valence-corrected chi connectivity index (χ4v) is 2.76. The smallest absolute Gasteiger partial charge is 0.320 e. The molecular weight excluding hydrogens is 258 g/mol. The minimum atomic E-state index is -0.745. The average molecular weight is 285 g/mol. The highest BCUT2D eigenvalue weighted by Crippen LogP contribution is 2.19. The summed E-state index contributed by atoms with van der Waals surface area (Å²) < 4.78 is 0. The van der Waals surface area contributed by atoms with E-state index in [0.717, 1.165) is 6.54 Å². The van der Waals surface area contributed by atoms with Gasteiger partial charge in [-0.2, -0.15) is 0 Å². The number of nitrogens with zero attached hydrogens (tertiary/aromatic N) is 3. The van der Waals surface area contributed by atoms with Gasteiger partial charge in [-0.3, -0.25) is 4.79 Å². The largest absolute Gasteiger partial charge is 0.481 e. The summed E-state index contributed by atoms with van der Waals surface area (Å²) in [7, 11) is 3.99. The topological polar surface area (TPSA) is 64.1 Å². The van der Waals surface area contributed by atoms with Crippen molar-refractivity contribution in [1.82, 2.24) is 14.7 Å². The number of carboxylic acid groups (broad SMARTS) is 1. The van der Waals surface area contributed by atoms with Crippen LogP contribution in [0, 0.1) is 5.92 Å². The second kappa shape index (κ2) is 7.47. The Labute approximate surface area is 121 Å². The SMILES string of the molecule is CCN(C(=O)N1CCC(C(=O)O)CC1)C(C)CN(C)C. The first kappa shape index (κ1) is 16.8. The number of carboxylic acids is 1. The first-order valence-electron chi connectivity index (χ1n) is 7.29. The molecule has 0 aromatic carbocycles. The van der Waals surface area contributed by atoms with Crippen LogP contribution in [0.25, 0.3) is 0 Å². The Morgan fingerprint density at radius 2 is 1.85 bits per heavy atom. The number of piperidine rings is 1. The molecule has 0 aliphatic carbocycles. The highest BCUT2D eigenvalue weighted by Gasteiger charge is 2.30. The van der Waals surface area contributed by atoms with Gasteiger partial charge in [-0.1, -0.05) is 0 Å². The molecule has 1 atom stereocenters. The number of rotatable bonds is 5. The lowest BCUT2D eigenvalue weighted by atomic mass is 9.97. The summed E-state index contributed by atoms with van der Waals surface area (Å²) in [5, 5.41) is 8.99. The zero-order valence-corrected chi connectivity index (χ0v) is 13.0. The molecule has 6 nitrogen and oxygen atoms in total. The second-order valence-corrected chi connectivity index (χ2v) is 5.78. The van der Waals surface area contributed by atoms with Crippen LogP contribution in [0.15, 0.2) is 0 Å². The molecule has 1 unspecified atom stereocenters. The zero-order valence-electron chi connectivity index (χ0n) is 13.0. The first-order valence-corrected chi connectivity index (χ1v) is 7.29. The Bertz CT molecular complexity index is 339. The van der Waals surface area contributed by atoms with Gasteiger partial charge in [-0.15, -0.1) is 0 Å². The summed E-state index contributed by atoms with van der Waals surface area (Å²) in [4.78, 5) is 29.2. The molecule has 1 heterocycles. The zero-order chi connectivity index (χ0) is 15.3. The van der Waals surface area contributed by atoms with Crippen molar-refractivity contribution >= 4 is 12.0 Å². The van der Waals surface area contributed by atoms with Crippen LogP contribution in [-0.2, 0) is 4.79 Å². The van der Waals surface area contributed by atoms with E-state index in [0.29, 0.717) is 32.5 Å². The molecule has 1 fully saturated rings. The monoisotopic (exact) mass is 285 g/mol. The predicted octanol–water partition coefficient (Wildman–Crippen LogP) is 1.18. The Morgan fingerprint density at radius 3 is 2.25 bits per heavy atom. The van der Waals surface area contributed by atoms with E-state index in [9.17, 15) is 9.59 Å². The van der Waals surface area contributed by atoms with Gasteiger partial charge in [-0.25, -0.2) is 4.79 Å². The lowest BCUT2D eigenvalue weighted by Gasteiger charge is -2.37. The molecule has 1 rings (SSSR count). The van der Waals surface area contributed by atoms with Crippen LogP contribution in [0.3, 0.4) is 0 Å². The first-order chi connectivity index (χ1) is 9.36. The third kappa shape index (κ3) is 4.37. The van der Waals surface area contributed by atoms with Crippen molar-refractivity contribution in [2.24, 2.45) is 5.92 Å². The van der Waals surface area contributed by atoms with Crippen LogP contribution < -0.4 is 0 Å². The maximum Gasteiger partial charge on any atom is 0.320 e. The molecule has 1 N–H and O–H groups in total. The van der Waals surface area contributed by atoms with Crippen molar-refractivity contribution in [3.05, 3.63) is 0 Å². The van der Waals surface area contributed by atoms with Gasteiger partial charge >= 0.3 is 12.0 Å². The number of aliphatic carboxylic acids is 1. The Morgan fingerprint density at radius 1 is 1.30 bits per heavy atom. The van der Waals surface area contributed by atoms with Gasteiger partial charge in [-0.05, 0) is 40.8 Å². The molecule has 0 aromatic rings. The summed E-state index contributed by atoms with van der Waals surface area (Å²) in [5.74, 6) is -1.04. The number of hydrogen-bond donors (Lipinski definition) is 1. The quantitative estimate of drug-likeness (QED) is 0.823. The lowest BCUT2D eigenvalue weighted by Crippen LogP contribution is -2.52. The van der Waals surface area contributed by atoms with Gasteiger partial charge in [0.05, 0.1) is 5.92 Å². The molecule has 1 aliphatic rings. The Hall–Kier alpha value is -1.30. The molecular formula is C14H27N3O3. The van der Waals surface area contributed by atoms with Crippen LogP contribution in [0.5, 0.6) is 0 Å². The molecule has 0 radical (unpaired) electrons. The molecule has 1 saturated heterocycles. The minimum Gasteiger partial charge on any atom is -0.481 e. The van der Waals surface area contributed by atoms with E-state index in [4.69, 9.17) is 5.11 Å². The molecule has 0 aromatic heterocycles. The third-order valence-corrected chi connectivity index (χ3v) is 3.86. The van der Waals surface area contributed by atoms with Crippen LogP contribution in [0.4, 0.5) is 4.79 Å². The number of hydrogen-bond acceptors (Lipinski definition) is 3. The lowest BCUT2D eigenvalue weighted by molar-refractivity contribution is -0.143. The summed E-state index contributed by atoms with van der Waals surface area (Å²) in [6.45, 7) is 6.61. The van der Waals surface area contributed by atoms with Gasteiger partial charge < -0.3 is 19.8 Å². The molecule has 2 amide bonds. The maximum atomic E-state index is 12.5. The number of carbonyl (C=O) groups is 2. The van der Waals surface area contributed by atoms with Crippen molar-refractivity contribution in [1.29, 1.82) is 0 Å². The van der Waals surface area contributed by atoms with E-state index < -0.39 is 5.97 Å². The van der Waals surface area contributed by atoms with Crippen LogP contribution in [-0.4, -0.2) is 78.1 Å². The van der Waals surface area contributed by atoms with Crippen molar-refractivity contribution in [2.45, 2.75) is 32.7 Å². The fourth-order valence-electron chi connectivity index (χ4n) is 2.76. The second-order valence-electron chi connectivity index (χ2n) is 5.78. The number of carbonyl (C=O) groups excluding carboxylic acids is 1. The third-order valence-electron chi connectivity index (χ3n) is 3.86. The number of urea groups is 1. The minimum absolute atomic E-state index is 0.0330. The highest BCUT2D eigenvalue weighted by atomic mass is 16.4. The summed E-state index contributed by atoms with van der Waals surface area (Å²) >= 11 is 0. The van der Waals surface area contributed by atoms with Crippen LogP contribution in [0.2, 0.25) is 0 Å². The van der Waals surface area contributed by atoms with Crippen molar-refractivity contribution in [2.75, 3.05) is 40.3 Å². The van der Waals surface area contributed by atoms with E-state index in [1.807, 2.05) is 32.8 Å². The molecule has 20 heavy (non-hydrogen) atoms. The maximum absolute atomic E-state index is 12.5. The van der Waals surface area contributed by atoms with E-state index in [-0.39, 0.29) is 18.0 Å². The normalized spacial score (nSPS) is 18.1. The highest BCUT2D eigenvalue weighted by molar-refractivity contribution is 5.76. The molecule has 0 bridgehead atoms. The van der Waals surface area contributed by atoms with E-state index in [1.54, 1.807) is 4.90 Å². The van der Waals surface area contributed by atoms with E-state index >= 15 is 0 Å². The number of amides is 2. The van der Waals surface area contributed by atoms with Gasteiger partial charge in [0.25, 0.3) is 0 Å². The van der Waals surface area contributed by atoms with Gasteiger partial charge in [0.1, 0.15) is 0 Å². The Kier molecular flexibility index (Phi) is 6.26. The molecule has 6 heteroatoms. The molecule has 0 spiro atoms. The fraction of sp³-hybridized carbons (Fsp3) is 0.857. The van der Waals surface area contributed by atoms with Crippen LogP contribution in [0.1, 0.15) is 26.7 Å². The average Bonchev–Trinajstić information content (AvgIpc) is 2.38. The predicted molar refractivity (Wildman–Crippen MR) is 77.7 cm³/mol. The molecule has 1 aliphatic heterocycles. The number of likely N-dealkylation sites (tertiary alicyclic amines) is 1. The summed E-state index contributed by atoms with van der Waals surface area (Å²) in [6, 6.07) is 0.186. The van der Waals surface area contributed by atoms with Gasteiger partial charge in [0, 0.05) is 32.2 Å². The summed E-state index contributed by atoms with van der Waals surface area (Å²) in [6.07, 6.45) is 1.11. The van der Waals surface area contributed by atoms with E-state index in [2.05, 4.69) is 4.90 Å². The van der Waals surface area contributed by atoms with Crippen molar-refractivity contribution < 1.29 is 14.7 Å². The Balaban J connectivity index is 2.57. The van der Waals surface area contributed by atoms with Gasteiger partial charge in [0.15, 0.2) is 0 Å².